The SMILES string of the molecule is COc1ccc(Cc2ccc(N3CC(O[Si](C)(C)C(C)(C)C)CCC3=O)cc2)cc1. The van der Waals surface area contributed by atoms with E-state index in [-0.39, 0.29) is 17.0 Å². The van der Waals surface area contributed by atoms with Gasteiger partial charge in [0.1, 0.15) is 5.75 Å². The van der Waals surface area contributed by atoms with Gasteiger partial charge in [0.15, 0.2) is 8.32 Å². The Morgan fingerprint density at radius 2 is 1.57 bits per heavy atom. The second kappa shape index (κ2) is 8.94. The van der Waals surface area contributed by atoms with Crippen molar-refractivity contribution in [2.45, 2.75) is 64.3 Å². The summed E-state index contributed by atoms with van der Waals surface area (Å²) in [6.45, 7) is 12.0. The van der Waals surface area contributed by atoms with E-state index >= 15 is 0 Å². The van der Waals surface area contributed by atoms with Crippen LogP contribution in [0, 0.1) is 0 Å². The maximum absolute atomic E-state index is 12.6. The first-order chi connectivity index (χ1) is 14.1. The number of piperidine rings is 1. The van der Waals surface area contributed by atoms with Crippen LogP contribution >= 0.6 is 0 Å². The van der Waals surface area contributed by atoms with Crippen LogP contribution in [0.1, 0.15) is 44.7 Å². The van der Waals surface area contributed by atoms with Gasteiger partial charge in [-0.25, -0.2) is 0 Å². The topological polar surface area (TPSA) is 38.8 Å². The van der Waals surface area contributed by atoms with Crippen molar-refractivity contribution in [1.82, 2.24) is 0 Å². The van der Waals surface area contributed by atoms with Gasteiger partial charge in [-0.15, -0.1) is 0 Å². The zero-order chi connectivity index (χ0) is 21.9. The van der Waals surface area contributed by atoms with Gasteiger partial charge in [-0.1, -0.05) is 45.0 Å². The summed E-state index contributed by atoms with van der Waals surface area (Å²) < 4.78 is 11.8. The zero-order valence-electron chi connectivity index (χ0n) is 19.2. The lowest BCUT2D eigenvalue weighted by atomic mass is 10.0. The normalized spacial score (nSPS) is 17.9. The molecule has 0 saturated carbocycles. The molecule has 0 bridgehead atoms. The Bertz CT molecular complexity index is 853. The van der Waals surface area contributed by atoms with Crippen LogP contribution in [0.5, 0.6) is 5.75 Å². The molecule has 0 radical (unpaired) electrons. The molecule has 1 heterocycles. The van der Waals surface area contributed by atoms with E-state index < -0.39 is 8.32 Å². The van der Waals surface area contributed by atoms with Crippen molar-refractivity contribution in [3.63, 3.8) is 0 Å². The minimum atomic E-state index is -1.85. The van der Waals surface area contributed by atoms with Crippen molar-refractivity contribution in [2.75, 3.05) is 18.6 Å². The Kier molecular flexibility index (Phi) is 6.73. The van der Waals surface area contributed by atoms with E-state index in [4.69, 9.17) is 9.16 Å². The standard InChI is InChI=1S/C25H35NO3Si/c1-25(2,3)30(5,6)29-23-15-16-24(27)26(18-23)21-11-7-19(8-12-21)17-20-9-13-22(28-4)14-10-20/h7-14,23H,15-18H2,1-6H3. The van der Waals surface area contributed by atoms with E-state index in [0.717, 1.165) is 24.3 Å². The number of hydrogen-bond acceptors (Lipinski definition) is 3. The fourth-order valence-corrected chi connectivity index (χ4v) is 4.91. The third kappa shape index (κ3) is 5.32. The molecule has 30 heavy (non-hydrogen) atoms. The molecule has 0 aliphatic carbocycles. The molecule has 1 aliphatic heterocycles. The first-order valence-electron chi connectivity index (χ1n) is 10.8. The fourth-order valence-electron chi connectivity index (χ4n) is 3.53. The third-order valence-corrected chi connectivity index (χ3v) is 11.0. The van der Waals surface area contributed by atoms with Crippen LogP contribution in [0.4, 0.5) is 5.69 Å². The minimum Gasteiger partial charge on any atom is -0.497 e. The highest BCUT2D eigenvalue weighted by Crippen LogP contribution is 2.38. The summed E-state index contributed by atoms with van der Waals surface area (Å²) in [4.78, 5) is 14.5. The van der Waals surface area contributed by atoms with E-state index in [1.54, 1.807) is 7.11 Å². The van der Waals surface area contributed by atoms with Crippen LogP contribution in [-0.2, 0) is 15.6 Å². The highest BCUT2D eigenvalue weighted by atomic mass is 28.4. The number of nitrogens with zero attached hydrogens (tertiary/aromatic N) is 1. The molecule has 1 fully saturated rings. The van der Waals surface area contributed by atoms with Crippen molar-refractivity contribution in [1.29, 1.82) is 0 Å². The lowest BCUT2D eigenvalue weighted by Gasteiger charge is -2.42. The molecule has 1 aliphatic rings. The molecular formula is C25H35NO3Si. The maximum Gasteiger partial charge on any atom is 0.227 e. The van der Waals surface area contributed by atoms with Crippen LogP contribution in [0.25, 0.3) is 0 Å². The molecular weight excluding hydrogens is 390 g/mol. The predicted octanol–water partition coefficient (Wildman–Crippen LogP) is 5.80. The fraction of sp³-hybridized carbons (Fsp3) is 0.480. The Labute approximate surface area is 182 Å². The van der Waals surface area contributed by atoms with E-state index in [2.05, 4.69) is 70.3 Å². The minimum absolute atomic E-state index is 0.113. The van der Waals surface area contributed by atoms with Gasteiger partial charge in [0.2, 0.25) is 5.91 Å². The molecule has 0 N–H and O–H groups in total. The molecule has 1 amide bonds. The number of ether oxygens (including phenoxy) is 1. The molecule has 3 rings (SSSR count). The number of rotatable bonds is 6. The number of hydrogen-bond donors (Lipinski definition) is 0. The Hall–Kier alpha value is -2.11. The summed E-state index contributed by atoms with van der Waals surface area (Å²) in [5, 5.41) is 0.169. The van der Waals surface area contributed by atoms with Crippen molar-refractivity contribution < 1.29 is 14.0 Å². The molecule has 1 unspecified atom stereocenters. The molecule has 2 aromatic rings. The van der Waals surface area contributed by atoms with Crippen molar-refractivity contribution in [3.8, 4) is 5.75 Å². The lowest BCUT2D eigenvalue weighted by molar-refractivity contribution is -0.120. The van der Waals surface area contributed by atoms with Gasteiger partial charge in [0.25, 0.3) is 0 Å². The van der Waals surface area contributed by atoms with Crippen molar-refractivity contribution in [3.05, 3.63) is 59.7 Å². The highest BCUT2D eigenvalue weighted by Gasteiger charge is 2.40. The number of methoxy groups -OCH3 is 1. The lowest BCUT2D eigenvalue weighted by Crippen LogP contribution is -2.50. The maximum atomic E-state index is 12.6. The molecule has 5 heteroatoms. The number of carbonyl (C=O) groups is 1. The van der Waals surface area contributed by atoms with Gasteiger partial charge in [0, 0.05) is 12.1 Å². The van der Waals surface area contributed by atoms with Gasteiger partial charge in [-0.05, 0) is 66.4 Å². The number of carbonyl (C=O) groups excluding carboxylic acids is 1. The van der Waals surface area contributed by atoms with E-state index in [0.29, 0.717) is 13.0 Å². The molecule has 1 atom stereocenters. The summed E-state index contributed by atoms with van der Waals surface area (Å²) in [5.74, 6) is 1.06. The Morgan fingerprint density at radius 1 is 1.00 bits per heavy atom. The first kappa shape index (κ1) is 22.6. The number of anilines is 1. The van der Waals surface area contributed by atoms with Crippen molar-refractivity contribution >= 4 is 19.9 Å². The zero-order valence-corrected chi connectivity index (χ0v) is 20.2. The van der Waals surface area contributed by atoms with Crippen LogP contribution in [0.2, 0.25) is 18.1 Å². The summed E-state index contributed by atoms with van der Waals surface area (Å²) in [6, 6.07) is 16.5. The molecule has 162 valence electrons. The van der Waals surface area contributed by atoms with E-state index in [1.165, 1.54) is 11.1 Å². The third-order valence-electron chi connectivity index (χ3n) is 6.45. The van der Waals surface area contributed by atoms with E-state index in [9.17, 15) is 4.79 Å². The number of amides is 1. The Morgan fingerprint density at radius 3 is 2.10 bits per heavy atom. The largest absolute Gasteiger partial charge is 0.497 e. The molecule has 4 nitrogen and oxygen atoms in total. The highest BCUT2D eigenvalue weighted by molar-refractivity contribution is 6.74. The van der Waals surface area contributed by atoms with Crippen molar-refractivity contribution in [2.24, 2.45) is 0 Å². The summed E-state index contributed by atoms with van der Waals surface area (Å²) in [5.41, 5.74) is 3.42. The smallest absolute Gasteiger partial charge is 0.227 e. The van der Waals surface area contributed by atoms with Crippen LogP contribution in [-0.4, -0.2) is 34.0 Å². The van der Waals surface area contributed by atoms with Gasteiger partial charge in [-0.3, -0.25) is 4.79 Å². The van der Waals surface area contributed by atoms with Gasteiger partial charge < -0.3 is 14.1 Å². The average molecular weight is 426 g/mol. The van der Waals surface area contributed by atoms with Gasteiger partial charge in [0.05, 0.1) is 19.8 Å². The van der Waals surface area contributed by atoms with Gasteiger partial charge >= 0.3 is 0 Å². The second-order valence-electron chi connectivity index (χ2n) is 9.73. The second-order valence-corrected chi connectivity index (χ2v) is 14.5. The first-order valence-corrected chi connectivity index (χ1v) is 13.7. The number of benzene rings is 2. The summed E-state index contributed by atoms with van der Waals surface area (Å²) in [7, 11) is -0.173. The van der Waals surface area contributed by atoms with Crippen LogP contribution in [0.15, 0.2) is 48.5 Å². The van der Waals surface area contributed by atoms with Gasteiger partial charge in [-0.2, -0.15) is 0 Å². The average Bonchev–Trinajstić information content (AvgIpc) is 2.70. The molecule has 1 saturated heterocycles. The monoisotopic (exact) mass is 425 g/mol. The summed E-state index contributed by atoms with van der Waals surface area (Å²) >= 11 is 0. The van der Waals surface area contributed by atoms with Crippen LogP contribution < -0.4 is 9.64 Å². The quantitative estimate of drug-likeness (QED) is 0.549. The van der Waals surface area contributed by atoms with E-state index in [1.807, 2.05) is 17.0 Å². The van der Waals surface area contributed by atoms with Crippen LogP contribution in [0.3, 0.4) is 0 Å². The predicted molar refractivity (Wildman–Crippen MR) is 126 cm³/mol. The molecule has 2 aromatic carbocycles. The Balaban J connectivity index is 1.67. The molecule has 0 aromatic heterocycles. The molecule has 0 spiro atoms. The summed E-state index contributed by atoms with van der Waals surface area (Å²) in [6.07, 6.45) is 2.34.